The summed E-state index contributed by atoms with van der Waals surface area (Å²) in [7, 11) is -3.77. The highest BCUT2D eigenvalue weighted by Crippen LogP contribution is 2.23. The number of rotatable bonds is 6. The average molecular weight is 414 g/mol. The molecule has 0 spiro atoms. The molecule has 10 heteroatoms. The molecular formula is C19H18N4O5S. The summed E-state index contributed by atoms with van der Waals surface area (Å²) >= 11 is 0. The Morgan fingerprint density at radius 1 is 1.07 bits per heavy atom. The Morgan fingerprint density at radius 3 is 2.24 bits per heavy atom. The van der Waals surface area contributed by atoms with Crippen LogP contribution < -0.4 is 10.0 Å². The van der Waals surface area contributed by atoms with Crippen LogP contribution in [0, 0.1) is 6.92 Å². The van der Waals surface area contributed by atoms with Gasteiger partial charge in [0, 0.05) is 36.0 Å². The van der Waals surface area contributed by atoms with Gasteiger partial charge in [-0.15, -0.1) is 0 Å². The zero-order valence-corrected chi connectivity index (χ0v) is 16.3. The first kappa shape index (κ1) is 19.1. The van der Waals surface area contributed by atoms with Gasteiger partial charge in [0.2, 0.25) is 0 Å². The minimum atomic E-state index is -3.77. The van der Waals surface area contributed by atoms with Crippen LogP contribution in [0.15, 0.2) is 63.0 Å². The summed E-state index contributed by atoms with van der Waals surface area (Å²) in [5.74, 6) is 0.381. The summed E-state index contributed by atoms with van der Waals surface area (Å²) in [6.45, 7) is 2.89. The third kappa shape index (κ3) is 3.98. The minimum absolute atomic E-state index is 0.0873. The summed E-state index contributed by atoms with van der Waals surface area (Å²) < 4.78 is 32.0. The minimum Gasteiger partial charge on any atom is -0.372 e. The van der Waals surface area contributed by atoms with Crippen LogP contribution in [0.25, 0.3) is 0 Å². The van der Waals surface area contributed by atoms with Gasteiger partial charge >= 0.3 is 0 Å². The maximum atomic E-state index is 12.4. The van der Waals surface area contributed by atoms with E-state index < -0.39 is 10.0 Å². The van der Waals surface area contributed by atoms with Gasteiger partial charge in [-0.3, -0.25) is 19.2 Å². The molecule has 150 valence electrons. The lowest BCUT2D eigenvalue weighted by atomic mass is 9.98. The first-order valence-corrected chi connectivity index (χ1v) is 10.3. The second-order valence-corrected chi connectivity index (χ2v) is 8.48. The van der Waals surface area contributed by atoms with Crippen LogP contribution in [0.4, 0.5) is 11.5 Å². The van der Waals surface area contributed by atoms with Gasteiger partial charge in [0.05, 0.1) is 11.6 Å². The molecule has 2 aliphatic rings. The third-order valence-electron chi connectivity index (χ3n) is 4.65. The van der Waals surface area contributed by atoms with Crippen molar-refractivity contribution in [2.75, 3.05) is 29.8 Å². The standard InChI is InChI=1S/C19H18N4O5S/c1-12-8-19(21-28-12)22-29(26,27)14-4-2-13(3-5-14)20-11-23-9-15-16(10-23)18(25)7-6-17(15)24/h2-8,20H,9-11H2,1H3,(H,21,22). The highest BCUT2D eigenvalue weighted by Gasteiger charge is 2.30. The van der Waals surface area contributed by atoms with Crippen LogP contribution in [0.2, 0.25) is 0 Å². The van der Waals surface area contributed by atoms with Gasteiger partial charge in [0.1, 0.15) is 5.76 Å². The first-order valence-electron chi connectivity index (χ1n) is 8.83. The topological polar surface area (TPSA) is 122 Å². The molecule has 0 fully saturated rings. The van der Waals surface area contributed by atoms with E-state index in [-0.39, 0.29) is 22.3 Å². The van der Waals surface area contributed by atoms with Crippen LogP contribution in [0.5, 0.6) is 0 Å². The number of aromatic nitrogens is 1. The van der Waals surface area contributed by atoms with E-state index in [4.69, 9.17) is 4.52 Å². The zero-order chi connectivity index (χ0) is 20.6. The summed E-state index contributed by atoms with van der Waals surface area (Å²) in [5.41, 5.74) is 1.81. The lowest BCUT2D eigenvalue weighted by Gasteiger charge is -2.17. The molecule has 9 nitrogen and oxygen atoms in total. The Kier molecular flexibility index (Phi) is 4.81. The molecule has 0 unspecified atom stereocenters. The number of anilines is 2. The fourth-order valence-electron chi connectivity index (χ4n) is 3.18. The molecule has 1 aliphatic heterocycles. The lowest BCUT2D eigenvalue weighted by molar-refractivity contribution is -0.115. The summed E-state index contributed by atoms with van der Waals surface area (Å²) in [5, 5.41) is 6.79. The van der Waals surface area contributed by atoms with E-state index in [1.165, 1.54) is 30.4 Å². The summed E-state index contributed by atoms with van der Waals surface area (Å²) in [4.78, 5) is 25.8. The van der Waals surface area contributed by atoms with Crippen molar-refractivity contribution < 1.29 is 22.5 Å². The van der Waals surface area contributed by atoms with Crippen LogP contribution in [0.1, 0.15) is 5.76 Å². The molecule has 1 aliphatic carbocycles. The van der Waals surface area contributed by atoms with Crippen molar-refractivity contribution >= 4 is 33.1 Å². The maximum absolute atomic E-state index is 12.4. The zero-order valence-electron chi connectivity index (χ0n) is 15.5. The molecule has 0 bridgehead atoms. The number of hydrogen-bond donors (Lipinski definition) is 2. The Labute approximate surface area is 167 Å². The number of sulfonamides is 1. The van der Waals surface area contributed by atoms with Crippen molar-refractivity contribution in [3.8, 4) is 0 Å². The number of aryl methyl sites for hydroxylation is 1. The highest BCUT2D eigenvalue weighted by molar-refractivity contribution is 7.92. The van der Waals surface area contributed by atoms with E-state index in [0.717, 1.165) is 0 Å². The smallest absolute Gasteiger partial charge is 0.263 e. The number of hydrogen-bond acceptors (Lipinski definition) is 8. The van der Waals surface area contributed by atoms with E-state index in [0.29, 0.717) is 42.4 Å². The predicted octanol–water partition coefficient (Wildman–Crippen LogP) is 1.47. The van der Waals surface area contributed by atoms with Crippen LogP contribution in [0.3, 0.4) is 0 Å². The number of benzene rings is 1. The van der Waals surface area contributed by atoms with Crippen molar-refractivity contribution in [2.24, 2.45) is 0 Å². The van der Waals surface area contributed by atoms with E-state index >= 15 is 0 Å². The largest absolute Gasteiger partial charge is 0.372 e. The van der Waals surface area contributed by atoms with Gasteiger partial charge < -0.3 is 9.84 Å². The number of nitrogens with zero attached hydrogens (tertiary/aromatic N) is 2. The number of ketones is 2. The van der Waals surface area contributed by atoms with Crippen molar-refractivity contribution in [1.82, 2.24) is 10.1 Å². The lowest BCUT2D eigenvalue weighted by Crippen LogP contribution is -2.28. The maximum Gasteiger partial charge on any atom is 0.263 e. The van der Waals surface area contributed by atoms with Crippen molar-refractivity contribution in [3.05, 3.63) is 59.4 Å². The van der Waals surface area contributed by atoms with E-state index in [1.54, 1.807) is 19.1 Å². The molecule has 4 rings (SSSR count). The van der Waals surface area contributed by atoms with Crippen molar-refractivity contribution in [2.45, 2.75) is 11.8 Å². The molecule has 0 saturated carbocycles. The highest BCUT2D eigenvalue weighted by atomic mass is 32.2. The van der Waals surface area contributed by atoms with E-state index in [9.17, 15) is 18.0 Å². The quantitative estimate of drug-likeness (QED) is 0.682. The normalized spacial score (nSPS) is 17.0. The van der Waals surface area contributed by atoms with Crippen LogP contribution in [-0.4, -0.2) is 49.8 Å². The molecule has 0 saturated heterocycles. The SMILES string of the molecule is Cc1cc(NS(=O)(=O)c2ccc(NCN3CC4=C(C3)C(=O)C=CC4=O)cc2)no1. The van der Waals surface area contributed by atoms with Gasteiger partial charge in [-0.2, -0.15) is 0 Å². The predicted molar refractivity (Wildman–Crippen MR) is 105 cm³/mol. The second kappa shape index (κ2) is 7.30. The molecule has 29 heavy (non-hydrogen) atoms. The average Bonchev–Trinajstić information content (AvgIpc) is 3.30. The monoisotopic (exact) mass is 414 g/mol. The molecule has 0 radical (unpaired) electrons. The Morgan fingerprint density at radius 2 is 1.69 bits per heavy atom. The molecule has 0 atom stereocenters. The van der Waals surface area contributed by atoms with E-state index in [2.05, 4.69) is 15.2 Å². The molecule has 0 amide bonds. The number of carbonyl (C=O) groups excluding carboxylic acids is 2. The van der Waals surface area contributed by atoms with Gasteiger partial charge in [-0.05, 0) is 43.3 Å². The Bertz CT molecular complexity index is 1120. The van der Waals surface area contributed by atoms with E-state index in [1.807, 2.05) is 4.90 Å². The fourth-order valence-corrected chi connectivity index (χ4v) is 4.16. The fraction of sp³-hybridized carbons (Fsp3) is 0.211. The van der Waals surface area contributed by atoms with Gasteiger partial charge in [0.15, 0.2) is 17.4 Å². The van der Waals surface area contributed by atoms with Crippen LogP contribution in [-0.2, 0) is 19.6 Å². The first-order chi connectivity index (χ1) is 13.8. The molecule has 2 aromatic rings. The van der Waals surface area contributed by atoms with Gasteiger partial charge in [0.25, 0.3) is 10.0 Å². The van der Waals surface area contributed by atoms with Crippen LogP contribution >= 0.6 is 0 Å². The molecule has 2 N–H and O–H groups in total. The summed E-state index contributed by atoms with van der Waals surface area (Å²) in [6, 6.07) is 7.72. The molecule has 1 aromatic carbocycles. The third-order valence-corrected chi connectivity index (χ3v) is 6.02. The Balaban J connectivity index is 1.36. The summed E-state index contributed by atoms with van der Waals surface area (Å²) in [6.07, 6.45) is 2.62. The number of carbonyl (C=O) groups is 2. The van der Waals surface area contributed by atoms with Crippen molar-refractivity contribution in [3.63, 3.8) is 0 Å². The number of allylic oxidation sites excluding steroid dienone is 2. The van der Waals surface area contributed by atoms with Gasteiger partial charge in [-0.25, -0.2) is 8.42 Å². The van der Waals surface area contributed by atoms with Crippen molar-refractivity contribution in [1.29, 1.82) is 0 Å². The number of nitrogens with one attached hydrogen (secondary N) is 2. The molecular weight excluding hydrogens is 396 g/mol. The molecule has 2 heterocycles. The van der Waals surface area contributed by atoms with Gasteiger partial charge in [-0.1, -0.05) is 5.16 Å². The Hall–Kier alpha value is -3.24. The second-order valence-electron chi connectivity index (χ2n) is 6.79. The molecule has 1 aromatic heterocycles.